The average molecular weight is 757 g/mol. The zero-order valence-corrected chi connectivity index (χ0v) is 31.8. The second-order valence-corrected chi connectivity index (χ2v) is 16.1. The molecule has 3 N–H and O–H groups in total. The molecule has 2 aromatic heterocycles. The van der Waals surface area contributed by atoms with E-state index in [1.165, 1.54) is 16.8 Å². The molecular weight excluding hydrogens is 709 g/mol. The number of hydrogen-bond acceptors (Lipinski definition) is 12. The van der Waals surface area contributed by atoms with Crippen LogP contribution >= 0.6 is 0 Å². The highest BCUT2D eigenvalue weighted by Gasteiger charge is 2.45. The van der Waals surface area contributed by atoms with Crippen LogP contribution in [0, 0.1) is 6.92 Å². The first kappa shape index (κ1) is 35.0. The van der Waals surface area contributed by atoms with Gasteiger partial charge in [-0.3, -0.25) is 19.9 Å². The minimum Gasteiger partial charge on any atom is -0.474 e. The zero-order valence-electron chi connectivity index (χ0n) is 31.8. The van der Waals surface area contributed by atoms with E-state index in [4.69, 9.17) is 14.5 Å². The molecule has 10 rings (SSSR count). The molecule has 8 heterocycles. The summed E-state index contributed by atoms with van der Waals surface area (Å²) in [5.41, 5.74) is 9.73. The Labute approximate surface area is 326 Å². The summed E-state index contributed by atoms with van der Waals surface area (Å²) in [4.78, 5) is 46.9. The van der Waals surface area contributed by atoms with Crippen LogP contribution in [0.3, 0.4) is 0 Å². The minimum atomic E-state index is -0.348. The fraction of sp³-hybridized carbons (Fsp3) is 0.452. The summed E-state index contributed by atoms with van der Waals surface area (Å²) in [6.07, 6.45) is 8.30. The van der Waals surface area contributed by atoms with Crippen LogP contribution in [0.2, 0.25) is 0 Å². The molecule has 14 heteroatoms. The number of urea groups is 1. The molecule has 4 fully saturated rings. The van der Waals surface area contributed by atoms with Gasteiger partial charge in [0.1, 0.15) is 12.3 Å². The monoisotopic (exact) mass is 756 g/mol. The number of piperidine rings is 1. The Bertz CT molecular complexity index is 2130. The number of imide groups is 1. The van der Waals surface area contributed by atoms with Gasteiger partial charge in [0.25, 0.3) is 0 Å². The molecule has 6 aliphatic rings. The van der Waals surface area contributed by atoms with Gasteiger partial charge in [-0.1, -0.05) is 12.1 Å². The summed E-state index contributed by atoms with van der Waals surface area (Å²) in [6, 6.07) is 17.0. The highest BCUT2D eigenvalue weighted by molar-refractivity contribution is 6.05. The Kier molecular flexibility index (Phi) is 8.89. The minimum absolute atomic E-state index is 0.0362. The van der Waals surface area contributed by atoms with Gasteiger partial charge in [-0.2, -0.15) is 0 Å². The number of benzene rings is 2. The Morgan fingerprint density at radius 1 is 0.893 bits per heavy atom. The number of ether oxygens (including phenoxy) is 2. The van der Waals surface area contributed by atoms with E-state index in [0.29, 0.717) is 49.9 Å². The number of amides is 3. The molecule has 0 saturated carbocycles. The van der Waals surface area contributed by atoms with Crippen molar-refractivity contribution in [2.24, 2.45) is 0 Å². The number of aromatic nitrogens is 3. The molecular formula is C42H48N10O4. The highest BCUT2D eigenvalue weighted by Crippen LogP contribution is 2.44. The third-order valence-corrected chi connectivity index (χ3v) is 12.7. The molecule has 1 atom stereocenters. The predicted octanol–water partition coefficient (Wildman–Crippen LogP) is 4.96. The quantitative estimate of drug-likeness (QED) is 0.235. The van der Waals surface area contributed by atoms with Crippen LogP contribution in [0.25, 0.3) is 0 Å². The lowest BCUT2D eigenvalue weighted by Gasteiger charge is -2.50. The molecule has 3 amide bonds. The number of nitrogens with zero attached hydrogens (tertiary/aromatic N) is 7. The number of likely N-dealkylation sites (tertiary alicyclic amines) is 1. The second-order valence-electron chi connectivity index (χ2n) is 16.1. The largest absolute Gasteiger partial charge is 0.474 e. The summed E-state index contributed by atoms with van der Waals surface area (Å²) in [6.45, 7) is 10.5. The van der Waals surface area contributed by atoms with Gasteiger partial charge in [0.15, 0.2) is 0 Å². The van der Waals surface area contributed by atoms with Crippen molar-refractivity contribution in [1.29, 1.82) is 0 Å². The number of rotatable bonds is 7. The number of anilines is 6. The molecule has 1 spiro atoms. The molecule has 2 aromatic carbocycles. The first-order chi connectivity index (χ1) is 27.4. The first-order valence-corrected chi connectivity index (χ1v) is 20.0. The van der Waals surface area contributed by atoms with Crippen molar-refractivity contribution < 1.29 is 19.1 Å². The van der Waals surface area contributed by atoms with E-state index in [9.17, 15) is 9.59 Å². The second kappa shape index (κ2) is 14.2. The van der Waals surface area contributed by atoms with Gasteiger partial charge in [0, 0.05) is 93.0 Å². The normalized spacial score (nSPS) is 22.2. The molecule has 4 saturated heterocycles. The maximum Gasteiger partial charge on any atom is 0.328 e. The molecule has 0 aliphatic carbocycles. The van der Waals surface area contributed by atoms with Gasteiger partial charge in [-0.25, -0.2) is 19.7 Å². The van der Waals surface area contributed by atoms with Gasteiger partial charge in [-0.15, -0.1) is 0 Å². The Balaban J connectivity index is 0.703. The van der Waals surface area contributed by atoms with Crippen LogP contribution in [0.1, 0.15) is 54.0 Å². The Morgan fingerprint density at radius 2 is 1.70 bits per heavy atom. The van der Waals surface area contributed by atoms with E-state index in [-0.39, 0.29) is 17.5 Å². The van der Waals surface area contributed by atoms with Crippen LogP contribution in [-0.2, 0) is 22.5 Å². The number of pyridine rings is 1. The van der Waals surface area contributed by atoms with Gasteiger partial charge < -0.3 is 29.9 Å². The van der Waals surface area contributed by atoms with Gasteiger partial charge in [0.05, 0.1) is 36.3 Å². The summed E-state index contributed by atoms with van der Waals surface area (Å²) in [7, 11) is 0. The maximum atomic E-state index is 12.2. The molecule has 56 heavy (non-hydrogen) atoms. The number of nitrogens with one attached hydrogen (secondary N) is 3. The molecule has 0 bridgehead atoms. The molecule has 290 valence electrons. The fourth-order valence-electron chi connectivity index (χ4n) is 9.32. The Morgan fingerprint density at radius 3 is 2.50 bits per heavy atom. The average Bonchev–Trinajstić information content (AvgIpc) is 3.62. The summed E-state index contributed by atoms with van der Waals surface area (Å²) in [5, 5.41) is 9.30. The predicted molar refractivity (Wildman–Crippen MR) is 214 cm³/mol. The number of carbonyl (C=O) groups is 2. The van der Waals surface area contributed by atoms with Crippen molar-refractivity contribution in [3.05, 3.63) is 83.3 Å². The van der Waals surface area contributed by atoms with E-state index < -0.39 is 0 Å². The fourth-order valence-corrected chi connectivity index (χ4v) is 9.32. The van der Waals surface area contributed by atoms with Crippen LogP contribution in [0.4, 0.5) is 39.2 Å². The molecule has 0 radical (unpaired) electrons. The first-order valence-electron chi connectivity index (χ1n) is 20.0. The van der Waals surface area contributed by atoms with Gasteiger partial charge in [-0.05, 0) is 80.1 Å². The molecule has 6 aliphatic heterocycles. The topological polar surface area (TPSA) is 140 Å². The van der Waals surface area contributed by atoms with E-state index in [2.05, 4.69) is 83.9 Å². The lowest BCUT2D eigenvalue weighted by molar-refractivity contribution is -0.120. The summed E-state index contributed by atoms with van der Waals surface area (Å²) >= 11 is 0. The Hall–Kier alpha value is -5.47. The van der Waals surface area contributed by atoms with Crippen molar-refractivity contribution in [2.45, 2.75) is 63.1 Å². The smallest absolute Gasteiger partial charge is 0.328 e. The standard InChI is InChI=1S/C42H48N10O4/c1-27-36(22-44-39-38(27)43-14-19-55-39)50-15-10-29-21-45-40(47-35(29)25-50)46-31-4-2-28(3-5-31)30-20-42(56-26-30)12-17-49(18-13-42)34-23-51(24-34)32-6-8-33(9-7-32)52-16-11-37(53)48-41(52)54/h2-9,21-22,30,34,43H,10-20,23-26H2,1H3,(H,45,46,47)(H,48,53,54). The number of carbonyl (C=O) groups excluding carboxylic acids is 2. The van der Waals surface area contributed by atoms with Crippen molar-refractivity contribution in [3.63, 3.8) is 0 Å². The van der Waals surface area contributed by atoms with E-state index in [1.54, 1.807) is 4.90 Å². The number of hydrogen-bond donors (Lipinski definition) is 3. The van der Waals surface area contributed by atoms with E-state index in [1.807, 2.05) is 24.5 Å². The third kappa shape index (κ3) is 6.64. The molecule has 1 unspecified atom stereocenters. The summed E-state index contributed by atoms with van der Waals surface area (Å²) < 4.78 is 12.3. The van der Waals surface area contributed by atoms with Crippen LogP contribution < -0.4 is 35.4 Å². The van der Waals surface area contributed by atoms with Crippen molar-refractivity contribution in [3.8, 4) is 5.88 Å². The van der Waals surface area contributed by atoms with Crippen molar-refractivity contribution >= 4 is 46.3 Å². The van der Waals surface area contributed by atoms with Crippen molar-refractivity contribution in [1.82, 2.24) is 25.2 Å². The van der Waals surface area contributed by atoms with Crippen LogP contribution in [0.5, 0.6) is 5.88 Å². The van der Waals surface area contributed by atoms with Crippen molar-refractivity contribution in [2.75, 3.05) is 84.4 Å². The number of fused-ring (bicyclic) bond motifs is 2. The molecule has 4 aromatic rings. The van der Waals surface area contributed by atoms with E-state index >= 15 is 0 Å². The van der Waals surface area contributed by atoms with E-state index in [0.717, 1.165) is 106 Å². The maximum absolute atomic E-state index is 12.2. The van der Waals surface area contributed by atoms with Crippen LogP contribution in [0.15, 0.2) is 60.9 Å². The van der Waals surface area contributed by atoms with Crippen LogP contribution in [-0.4, -0.2) is 102 Å². The highest BCUT2D eigenvalue weighted by atomic mass is 16.5. The SMILES string of the molecule is Cc1c(N2CCc3cnc(Nc4ccc(C5COC6(CCN(C7CN(c8ccc(N9CCC(=O)NC9=O)cc8)C7)CC6)C5)cc4)nc3C2)cnc2c1NCCO2. The zero-order chi connectivity index (χ0) is 37.8. The van der Waals surface area contributed by atoms with Gasteiger partial charge >= 0.3 is 6.03 Å². The molecule has 14 nitrogen and oxygen atoms in total. The lowest BCUT2D eigenvalue weighted by atomic mass is 9.82. The van der Waals surface area contributed by atoms with Gasteiger partial charge in [0.2, 0.25) is 17.7 Å². The lowest BCUT2D eigenvalue weighted by Crippen LogP contribution is -2.62. The summed E-state index contributed by atoms with van der Waals surface area (Å²) in [5.74, 6) is 1.47. The third-order valence-electron chi connectivity index (χ3n) is 12.7.